The van der Waals surface area contributed by atoms with Crippen LogP contribution in [-0.4, -0.2) is 15.6 Å². The quantitative estimate of drug-likeness (QED) is 0.371. The van der Waals surface area contributed by atoms with Crippen LogP contribution >= 0.6 is 11.6 Å². The topological polar surface area (TPSA) is 59.0 Å². The molecule has 0 saturated heterocycles. The van der Waals surface area contributed by atoms with Gasteiger partial charge in [-0.3, -0.25) is 4.98 Å². The molecule has 4 aromatic rings. The molecule has 0 unspecified atom stereocenters. The molecule has 31 heavy (non-hydrogen) atoms. The monoisotopic (exact) mass is 444 g/mol. The maximum absolute atomic E-state index is 12.9. The number of amides is 2. The molecular weight excluding hydrogens is 429 g/mol. The van der Waals surface area contributed by atoms with Crippen LogP contribution in [0.3, 0.4) is 0 Å². The maximum Gasteiger partial charge on any atom is 0.416 e. The Morgan fingerprint density at radius 2 is 1.74 bits per heavy atom. The van der Waals surface area contributed by atoms with E-state index < -0.39 is 17.8 Å². The Kier molecular flexibility index (Phi) is 5.32. The van der Waals surface area contributed by atoms with Crippen molar-refractivity contribution >= 4 is 39.9 Å². The van der Waals surface area contributed by atoms with Crippen molar-refractivity contribution in [2.45, 2.75) is 13.1 Å². The van der Waals surface area contributed by atoms with Crippen LogP contribution in [0.5, 0.6) is 0 Å². The number of hydrogen-bond acceptors (Lipinski definition) is 2. The van der Waals surface area contributed by atoms with Crippen molar-refractivity contribution < 1.29 is 18.0 Å². The van der Waals surface area contributed by atoms with Gasteiger partial charge in [-0.25, -0.2) is 4.79 Å². The first-order valence-electron chi connectivity index (χ1n) is 9.19. The fourth-order valence-corrected chi connectivity index (χ4v) is 3.51. The second-order valence-corrected chi connectivity index (χ2v) is 7.28. The molecule has 9 heteroatoms. The molecule has 5 nitrogen and oxygen atoms in total. The van der Waals surface area contributed by atoms with Crippen LogP contribution in [0.2, 0.25) is 5.02 Å². The number of aryl methyl sites for hydroxylation is 1. The van der Waals surface area contributed by atoms with Crippen molar-refractivity contribution in [3.8, 4) is 5.69 Å². The second-order valence-electron chi connectivity index (χ2n) is 6.87. The van der Waals surface area contributed by atoms with E-state index in [2.05, 4.69) is 20.2 Å². The van der Waals surface area contributed by atoms with Gasteiger partial charge in [-0.05, 0) is 61.5 Å². The molecule has 2 aromatic carbocycles. The summed E-state index contributed by atoms with van der Waals surface area (Å²) < 4.78 is 40.8. The van der Waals surface area contributed by atoms with Crippen molar-refractivity contribution in [2.75, 3.05) is 10.6 Å². The van der Waals surface area contributed by atoms with Gasteiger partial charge >= 0.3 is 12.2 Å². The molecule has 0 bridgehead atoms. The third kappa shape index (κ3) is 4.34. The van der Waals surface area contributed by atoms with Gasteiger partial charge in [0.05, 0.1) is 21.8 Å². The lowest BCUT2D eigenvalue weighted by Crippen LogP contribution is -2.20. The molecule has 0 spiro atoms. The predicted molar refractivity (Wildman–Crippen MR) is 115 cm³/mol. The number of anilines is 2. The smallest absolute Gasteiger partial charge is 0.314 e. The van der Waals surface area contributed by atoms with Crippen LogP contribution in [0.25, 0.3) is 16.6 Å². The molecule has 2 heterocycles. The fraction of sp³-hybridized carbons (Fsp3) is 0.0909. The zero-order chi connectivity index (χ0) is 22.2. The van der Waals surface area contributed by atoms with Gasteiger partial charge in [0.2, 0.25) is 0 Å². The average Bonchev–Trinajstić information content (AvgIpc) is 3.04. The molecule has 2 N–H and O–H groups in total. The average molecular weight is 445 g/mol. The number of urea groups is 1. The highest BCUT2D eigenvalue weighted by Crippen LogP contribution is 2.34. The molecule has 0 radical (unpaired) electrons. The van der Waals surface area contributed by atoms with Gasteiger partial charge < -0.3 is 15.2 Å². The summed E-state index contributed by atoms with van der Waals surface area (Å²) in [5.74, 6) is 0. The van der Waals surface area contributed by atoms with Crippen LogP contribution in [0.4, 0.5) is 29.3 Å². The number of rotatable bonds is 3. The minimum Gasteiger partial charge on any atom is -0.314 e. The van der Waals surface area contributed by atoms with Crippen LogP contribution in [0.15, 0.2) is 67.0 Å². The molecule has 0 aliphatic carbocycles. The Labute approximate surface area is 180 Å². The van der Waals surface area contributed by atoms with E-state index in [0.29, 0.717) is 5.69 Å². The van der Waals surface area contributed by atoms with Gasteiger partial charge in [0.15, 0.2) is 0 Å². The molecule has 0 atom stereocenters. The van der Waals surface area contributed by atoms with E-state index in [1.165, 1.54) is 0 Å². The van der Waals surface area contributed by atoms with E-state index in [1.807, 2.05) is 31.2 Å². The minimum absolute atomic E-state index is 0.00338. The molecule has 2 aromatic heterocycles. The summed E-state index contributed by atoms with van der Waals surface area (Å²) in [6.45, 7) is 1.97. The Balaban J connectivity index is 1.56. The van der Waals surface area contributed by atoms with E-state index in [1.54, 1.807) is 24.5 Å². The highest BCUT2D eigenvalue weighted by Gasteiger charge is 2.31. The molecule has 0 aliphatic heterocycles. The van der Waals surface area contributed by atoms with Gasteiger partial charge in [-0.2, -0.15) is 13.2 Å². The van der Waals surface area contributed by atoms with Crippen LogP contribution in [-0.2, 0) is 6.18 Å². The summed E-state index contributed by atoms with van der Waals surface area (Å²) in [5.41, 5.74) is 2.35. The molecule has 158 valence electrons. The standard InChI is InChI=1S/C22H16ClF3N4O/c1-13-10-14-11-16(3-5-20(14)30(13)17-6-8-27-9-7-17)28-21(31)29-19-12-15(22(24,25)26)2-4-18(19)23/h2-12H,1H3,(H2,28,29,31). The van der Waals surface area contributed by atoms with E-state index in [4.69, 9.17) is 11.6 Å². The first-order chi connectivity index (χ1) is 14.7. The summed E-state index contributed by atoms with van der Waals surface area (Å²) in [6, 6.07) is 13.2. The fourth-order valence-electron chi connectivity index (χ4n) is 3.35. The first kappa shape index (κ1) is 20.7. The largest absolute Gasteiger partial charge is 0.416 e. The first-order valence-corrected chi connectivity index (χ1v) is 9.57. The molecule has 0 saturated carbocycles. The van der Waals surface area contributed by atoms with Crippen molar-refractivity contribution in [1.29, 1.82) is 0 Å². The number of alkyl halides is 3. The summed E-state index contributed by atoms with van der Waals surface area (Å²) in [7, 11) is 0. The number of nitrogens with one attached hydrogen (secondary N) is 2. The minimum atomic E-state index is -4.54. The van der Waals surface area contributed by atoms with E-state index in [-0.39, 0.29) is 10.7 Å². The van der Waals surface area contributed by atoms with Crippen molar-refractivity contribution in [3.05, 3.63) is 83.3 Å². The van der Waals surface area contributed by atoms with Gasteiger partial charge in [0.25, 0.3) is 0 Å². The Morgan fingerprint density at radius 1 is 1.00 bits per heavy atom. The van der Waals surface area contributed by atoms with Crippen LogP contribution in [0.1, 0.15) is 11.3 Å². The second kappa shape index (κ2) is 7.96. The van der Waals surface area contributed by atoms with Crippen LogP contribution in [0, 0.1) is 6.92 Å². The number of carbonyl (C=O) groups excluding carboxylic acids is 1. The number of carbonyl (C=O) groups is 1. The van der Waals surface area contributed by atoms with E-state index in [0.717, 1.165) is 40.5 Å². The number of pyridine rings is 1. The van der Waals surface area contributed by atoms with Crippen LogP contribution < -0.4 is 10.6 Å². The molecular formula is C22H16ClF3N4O. The number of hydrogen-bond donors (Lipinski definition) is 2. The number of nitrogens with zero attached hydrogens (tertiary/aromatic N) is 2. The summed E-state index contributed by atoms with van der Waals surface area (Å²) in [6.07, 6.45) is -1.12. The zero-order valence-corrected chi connectivity index (χ0v) is 16.9. The lowest BCUT2D eigenvalue weighted by molar-refractivity contribution is -0.137. The van der Waals surface area contributed by atoms with E-state index in [9.17, 15) is 18.0 Å². The summed E-state index contributed by atoms with van der Waals surface area (Å²) in [5, 5.41) is 5.89. The maximum atomic E-state index is 12.9. The Hall–Kier alpha value is -3.52. The SMILES string of the molecule is Cc1cc2cc(NC(=O)Nc3cc(C(F)(F)F)ccc3Cl)ccc2n1-c1ccncc1. The Bertz CT molecular complexity index is 1270. The Morgan fingerprint density at radius 3 is 2.45 bits per heavy atom. The molecule has 0 aliphatic rings. The zero-order valence-electron chi connectivity index (χ0n) is 16.2. The molecule has 4 rings (SSSR count). The lowest BCUT2D eigenvalue weighted by atomic mass is 10.2. The highest BCUT2D eigenvalue weighted by molar-refractivity contribution is 6.33. The highest BCUT2D eigenvalue weighted by atomic mass is 35.5. The normalized spacial score (nSPS) is 11.5. The number of aromatic nitrogens is 2. The predicted octanol–water partition coefficient (Wildman–Crippen LogP) is 6.65. The summed E-state index contributed by atoms with van der Waals surface area (Å²) in [4.78, 5) is 16.4. The number of benzene rings is 2. The van der Waals surface area contributed by atoms with Gasteiger partial charge in [0.1, 0.15) is 0 Å². The third-order valence-corrected chi connectivity index (χ3v) is 5.04. The van der Waals surface area contributed by atoms with Crippen molar-refractivity contribution in [3.63, 3.8) is 0 Å². The van der Waals surface area contributed by atoms with Crippen molar-refractivity contribution in [2.24, 2.45) is 0 Å². The lowest BCUT2D eigenvalue weighted by Gasteiger charge is -2.13. The van der Waals surface area contributed by atoms with E-state index >= 15 is 0 Å². The van der Waals surface area contributed by atoms with Gasteiger partial charge in [-0.15, -0.1) is 0 Å². The third-order valence-electron chi connectivity index (χ3n) is 4.71. The van der Waals surface area contributed by atoms with Gasteiger partial charge in [-0.1, -0.05) is 11.6 Å². The number of halogens is 4. The van der Waals surface area contributed by atoms with Gasteiger partial charge in [0, 0.05) is 34.8 Å². The molecule has 0 fully saturated rings. The number of fused-ring (bicyclic) bond motifs is 1. The molecule has 2 amide bonds. The summed E-state index contributed by atoms with van der Waals surface area (Å²) >= 11 is 5.93. The van der Waals surface area contributed by atoms with Crippen molar-refractivity contribution in [1.82, 2.24) is 9.55 Å².